The molecule has 0 saturated heterocycles. The van der Waals surface area contributed by atoms with Crippen molar-refractivity contribution < 1.29 is 0 Å². The molecule has 0 amide bonds. The van der Waals surface area contributed by atoms with Gasteiger partial charge in [0.05, 0.1) is 22.8 Å². The van der Waals surface area contributed by atoms with E-state index in [-0.39, 0.29) is 0 Å². The zero-order valence-electron chi connectivity index (χ0n) is 23.9. The Bertz CT molecular complexity index is 1670. The van der Waals surface area contributed by atoms with Gasteiger partial charge in [0.1, 0.15) is 0 Å². The standard InChI is InChI=1S/C40H32N2/c1-29-13-25-37(26-14-29)41-39(33-9-5-3-6-10-33)35-21-17-31(18-22-35)32-19-23-36(24-20-32)40(34-11-7-4-8-12-34)42-38-27-15-30(2)16-28-38/h3-28H,1-2H3/b41-39+,42-40+. The molecule has 0 radical (unpaired) electrons. The minimum Gasteiger partial charge on any atom is -0.248 e. The van der Waals surface area contributed by atoms with Gasteiger partial charge in [0.25, 0.3) is 0 Å². The van der Waals surface area contributed by atoms with Crippen molar-refractivity contribution in [2.75, 3.05) is 0 Å². The molecule has 0 saturated carbocycles. The molecule has 0 aliphatic carbocycles. The molecule has 0 unspecified atom stereocenters. The summed E-state index contributed by atoms with van der Waals surface area (Å²) in [6.07, 6.45) is 0. The molecule has 0 aliphatic heterocycles. The summed E-state index contributed by atoms with van der Waals surface area (Å²) in [6, 6.07) is 54.8. The van der Waals surface area contributed by atoms with Gasteiger partial charge in [0.15, 0.2) is 0 Å². The number of aliphatic imine (C=N–C) groups is 2. The van der Waals surface area contributed by atoms with Crippen molar-refractivity contribution in [2.45, 2.75) is 13.8 Å². The molecule has 202 valence electrons. The molecule has 2 heteroatoms. The lowest BCUT2D eigenvalue weighted by Crippen LogP contribution is -2.03. The van der Waals surface area contributed by atoms with Gasteiger partial charge >= 0.3 is 0 Å². The van der Waals surface area contributed by atoms with E-state index >= 15 is 0 Å². The van der Waals surface area contributed by atoms with Crippen molar-refractivity contribution in [3.8, 4) is 11.1 Å². The van der Waals surface area contributed by atoms with Crippen molar-refractivity contribution in [2.24, 2.45) is 9.98 Å². The van der Waals surface area contributed by atoms with E-state index in [1.54, 1.807) is 0 Å². The molecule has 0 atom stereocenters. The van der Waals surface area contributed by atoms with Gasteiger partial charge in [-0.1, -0.05) is 145 Å². The zero-order valence-corrected chi connectivity index (χ0v) is 23.9. The monoisotopic (exact) mass is 540 g/mol. The number of hydrogen-bond acceptors (Lipinski definition) is 2. The molecule has 6 aromatic rings. The Labute approximate surface area is 248 Å². The second-order valence-corrected chi connectivity index (χ2v) is 10.5. The van der Waals surface area contributed by atoms with E-state index < -0.39 is 0 Å². The van der Waals surface area contributed by atoms with Gasteiger partial charge in [0.2, 0.25) is 0 Å². The summed E-state index contributed by atoms with van der Waals surface area (Å²) in [5.41, 5.74) is 12.9. The molecule has 6 aromatic carbocycles. The van der Waals surface area contributed by atoms with Gasteiger partial charge in [-0.3, -0.25) is 0 Å². The second kappa shape index (κ2) is 12.4. The molecule has 0 aromatic heterocycles. The molecule has 0 bridgehead atoms. The Balaban J connectivity index is 1.31. The maximum Gasteiger partial charge on any atom is 0.0781 e. The molecule has 42 heavy (non-hydrogen) atoms. The predicted molar refractivity (Wildman–Crippen MR) is 178 cm³/mol. The lowest BCUT2D eigenvalue weighted by atomic mass is 9.96. The summed E-state index contributed by atoms with van der Waals surface area (Å²) in [4.78, 5) is 10.1. The number of rotatable bonds is 7. The van der Waals surface area contributed by atoms with Crippen LogP contribution in [0.2, 0.25) is 0 Å². The fourth-order valence-electron chi connectivity index (χ4n) is 4.92. The Hall–Kier alpha value is -5.34. The molecule has 0 fully saturated rings. The van der Waals surface area contributed by atoms with Gasteiger partial charge in [-0.15, -0.1) is 0 Å². The summed E-state index contributed by atoms with van der Waals surface area (Å²) in [5.74, 6) is 0. The van der Waals surface area contributed by atoms with Crippen molar-refractivity contribution in [3.05, 3.63) is 191 Å². The van der Waals surface area contributed by atoms with Gasteiger partial charge in [-0.05, 0) is 49.2 Å². The van der Waals surface area contributed by atoms with Crippen molar-refractivity contribution >= 4 is 22.8 Å². The van der Waals surface area contributed by atoms with Gasteiger partial charge < -0.3 is 0 Å². The maximum atomic E-state index is 5.05. The summed E-state index contributed by atoms with van der Waals surface area (Å²) >= 11 is 0. The zero-order chi connectivity index (χ0) is 28.7. The normalized spacial score (nSPS) is 11.9. The van der Waals surface area contributed by atoms with Crippen LogP contribution in [0, 0.1) is 13.8 Å². The number of benzene rings is 6. The molecule has 6 rings (SSSR count). The lowest BCUT2D eigenvalue weighted by molar-refractivity contribution is 1.42. The predicted octanol–water partition coefficient (Wildman–Crippen LogP) is 10.3. The Morgan fingerprint density at radius 3 is 0.976 bits per heavy atom. The highest BCUT2D eigenvalue weighted by Gasteiger charge is 2.10. The quantitative estimate of drug-likeness (QED) is 0.180. The minimum absolute atomic E-state index is 0.945. The summed E-state index contributed by atoms with van der Waals surface area (Å²) in [7, 11) is 0. The van der Waals surface area contributed by atoms with Crippen LogP contribution in [-0.4, -0.2) is 11.4 Å². The first-order chi connectivity index (χ1) is 20.6. The Morgan fingerprint density at radius 2 is 0.643 bits per heavy atom. The van der Waals surface area contributed by atoms with Crippen LogP contribution < -0.4 is 0 Å². The number of hydrogen-bond donors (Lipinski definition) is 0. The fraction of sp³-hybridized carbons (Fsp3) is 0.0500. The van der Waals surface area contributed by atoms with E-state index in [9.17, 15) is 0 Å². The van der Waals surface area contributed by atoms with Crippen LogP contribution in [0.1, 0.15) is 33.4 Å². The van der Waals surface area contributed by atoms with Gasteiger partial charge in [-0.25, -0.2) is 9.98 Å². The first-order valence-corrected chi connectivity index (χ1v) is 14.3. The van der Waals surface area contributed by atoms with Crippen LogP contribution in [0.5, 0.6) is 0 Å². The van der Waals surface area contributed by atoms with Crippen molar-refractivity contribution in [1.29, 1.82) is 0 Å². The van der Waals surface area contributed by atoms with E-state index in [0.29, 0.717) is 0 Å². The fourth-order valence-corrected chi connectivity index (χ4v) is 4.92. The smallest absolute Gasteiger partial charge is 0.0781 e. The SMILES string of the molecule is Cc1ccc(/N=C(\c2ccccc2)c2ccc(-c3ccc(/C(=N/c4ccc(C)cc4)c4ccccc4)cc3)cc2)cc1. The molecule has 2 nitrogen and oxygen atoms in total. The average molecular weight is 541 g/mol. The van der Waals surface area contributed by atoms with Crippen LogP contribution >= 0.6 is 0 Å². The highest BCUT2D eigenvalue weighted by Crippen LogP contribution is 2.25. The number of aryl methyl sites for hydroxylation is 2. The van der Waals surface area contributed by atoms with Crippen molar-refractivity contribution in [1.82, 2.24) is 0 Å². The summed E-state index contributed by atoms with van der Waals surface area (Å²) < 4.78 is 0. The van der Waals surface area contributed by atoms with E-state index in [0.717, 1.165) is 56.2 Å². The second-order valence-electron chi connectivity index (χ2n) is 10.5. The molecule has 0 N–H and O–H groups in total. The summed E-state index contributed by atoms with van der Waals surface area (Å²) in [5, 5.41) is 0. The molecule has 0 spiro atoms. The topological polar surface area (TPSA) is 24.7 Å². The molecule has 0 aliphatic rings. The van der Waals surface area contributed by atoms with E-state index in [1.807, 2.05) is 12.1 Å². The van der Waals surface area contributed by atoms with Crippen LogP contribution in [-0.2, 0) is 0 Å². The lowest BCUT2D eigenvalue weighted by Gasteiger charge is -2.11. The Kier molecular flexibility index (Phi) is 7.96. The van der Waals surface area contributed by atoms with Crippen molar-refractivity contribution in [3.63, 3.8) is 0 Å². The van der Waals surface area contributed by atoms with E-state index in [4.69, 9.17) is 9.98 Å². The maximum absolute atomic E-state index is 5.05. The first-order valence-electron chi connectivity index (χ1n) is 14.3. The third kappa shape index (κ3) is 6.35. The Morgan fingerprint density at radius 1 is 0.333 bits per heavy atom. The van der Waals surface area contributed by atoms with Gasteiger partial charge in [-0.2, -0.15) is 0 Å². The van der Waals surface area contributed by atoms with Crippen LogP contribution in [0.25, 0.3) is 11.1 Å². The molecular weight excluding hydrogens is 508 g/mol. The highest BCUT2D eigenvalue weighted by molar-refractivity contribution is 6.15. The van der Waals surface area contributed by atoms with Crippen LogP contribution in [0.15, 0.2) is 168 Å². The first kappa shape index (κ1) is 26.9. The average Bonchev–Trinajstić information content (AvgIpc) is 3.05. The number of nitrogens with zero attached hydrogens (tertiary/aromatic N) is 2. The van der Waals surface area contributed by atoms with Crippen LogP contribution in [0.3, 0.4) is 0 Å². The van der Waals surface area contributed by atoms with Crippen LogP contribution in [0.4, 0.5) is 11.4 Å². The largest absolute Gasteiger partial charge is 0.248 e. The molecular formula is C40H32N2. The summed E-state index contributed by atoms with van der Waals surface area (Å²) in [6.45, 7) is 4.19. The third-order valence-corrected chi connectivity index (χ3v) is 7.29. The third-order valence-electron chi connectivity index (χ3n) is 7.29. The highest BCUT2D eigenvalue weighted by atomic mass is 14.8. The van der Waals surface area contributed by atoms with E-state index in [1.165, 1.54) is 11.1 Å². The minimum atomic E-state index is 0.945. The van der Waals surface area contributed by atoms with E-state index in [2.05, 4.69) is 159 Å². The molecule has 0 heterocycles. The van der Waals surface area contributed by atoms with Gasteiger partial charge in [0, 0.05) is 22.3 Å².